The Bertz CT molecular complexity index is 637. The van der Waals surface area contributed by atoms with Crippen molar-refractivity contribution in [1.82, 2.24) is 25.5 Å². The second-order valence-electron chi connectivity index (χ2n) is 5.66. The third kappa shape index (κ3) is 2.84. The van der Waals surface area contributed by atoms with Gasteiger partial charge in [0.1, 0.15) is 17.7 Å². The largest absolute Gasteiger partial charge is 0.350 e. The number of nitrogens with zero attached hydrogens (tertiary/aromatic N) is 4. The molecule has 0 spiro atoms. The molecule has 0 atom stereocenters. The highest BCUT2D eigenvalue weighted by Crippen LogP contribution is 2.34. The van der Waals surface area contributed by atoms with E-state index in [1.54, 1.807) is 16.8 Å². The lowest BCUT2D eigenvalue weighted by molar-refractivity contribution is -0.132. The number of rotatable bonds is 4. The Morgan fingerprint density at radius 2 is 2.14 bits per heavy atom. The fraction of sp³-hybridized carbons (Fsp3) is 0.467. The highest BCUT2D eigenvalue weighted by atomic mass is 19.1. The number of carbonyl (C=O) groups is 1. The van der Waals surface area contributed by atoms with Gasteiger partial charge in [-0.15, -0.1) is 5.10 Å². The normalized spacial score (nSPS) is 17.1. The first-order valence-electron chi connectivity index (χ1n) is 7.47. The minimum atomic E-state index is -0.727. The quantitative estimate of drug-likeness (QED) is 0.934. The lowest BCUT2D eigenvalue weighted by atomic mass is 9.81. The highest BCUT2D eigenvalue weighted by molar-refractivity contribution is 5.84. The summed E-state index contributed by atoms with van der Waals surface area (Å²) >= 11 is 0. The van der Waals surface area contributed by atoms with Crippen molar-refractivity contribution in [2.75, 3.05) is 0 Å². The van der Waals surface area contributed by atoms with E-state index in [0.717, 1.165) is 24.8 Å². The predicted octanol–water partition coefficient (Wildman–Crippen LogP) is 1.79. The zero-order valence-electron chi connectivity index (χ0n) is 12.2. The molecule has 6 nitrogen and oxygen atoms in total. The molecule has 1 aliphatic rings. The van der Waals surface area contributed by atoms with Gasteiger partial charge in [0.2, 0.25) is 5.91 Å². The summed E-state index contributed by atoms with van der Waals surface area (Å²) < 4.78 is 14.8. The number of tetrazole rings is 1. The van der Waals surface area contributed by atoms with Crippen LogP contribution in [0.1, 0.15) is 37.7 Å². The van der Waals surface area contributed by atoms with Crippen molar-refractivity contribution in [2.24, 2.45) is 0 Å². The molecule has 1 N–H and O–H groups in total. The summed E-state index contributed by atoms with van der Waals surface area (Å²) in [4.78, 5) is 12.8. The Balaban J connectivity index is 1.75. The summed E-state index contributed by atoms with van der Waals surface area (Å²) in [6.07, 6.45) is 5.97. The number of amides is 1. The van der Waals surface area contributed by atoms with Crippen molar-refractivity contribution >= 4 is 5.91 Å². The molecule has 0 bridgehead atoms. The van der Waals surface area contributed by atoms with E-state index in [-0.39, 0.29) is 11.7 Å². The van der Waals surface area contributed by atoms with Gasteiger partial charge in [0.15, 0.2) is 0 Å². The summed E-state index contributed by atoms with van der Waals surface area (Å²) in [7, 11) is 0. The monoisotopic (exact) mass is 303 g/mol. The predicted molar refractivity (Wildman–Crippen MR) is 77.1 cm³/mol. The number of nitrogens with one attached hydrogen (secondary N) is 1. The Labute approximate surface area is 127 Å². The van der Waals surface area contributed by atoms with Crippen LogP contribution >= 0.6 is 0 Å². The van der Waals surface area contributed by atoms with E-state index in [9.17, 15) is 9.18 Å². The van der Waals surface area contributed by atoms with Crippen LogP contribution in [0, 0.1) is 5.82 Å². The number of carbonyl (C=O) groups excluding carboxylic acids is 1. The Hall–Kier alpha value is -2.31. The average Bonchev–Trinajstić information content (AvgIpc) is 3.08. The van der Waals surface area contributed by atoms with E-state index in [0.29, 0.717) is 19.4 Å². The number of halogens is 1. The number of aromatic nitrogens is 4. The van der Waals surface area contributed by atoms with Crippen molar-refractivity contribution in [3.05, 3.63) is 42.0 Å². The van der Waals surface area contributed by atoms with Crippen molar-refractivity contribution in [2.45, 2.75) is 44.2 Å². The molecule has 0 saturated heterocycles. The number of hydrogen-bond acceptors (Lipinski definition) is 4. The molecule has 0 unspecified atom stereocenters. The van der Waals surface area contributed by atoms with Gasteiger partial charge < -0.3 is 5.32 Å². The van der Waals surface area contributed by atoms with E-state index < -0.39 is 5.54 Å². The van der Waals surface area contributed by atoms with Gasteiger partial charge in [0.05, 0.1) is 0 Å². The molecule has 1 aliphatic carbocycles. The molecule has 22 heavy (non-hydrogen) atoms. The lowest BCUT2D eigenvalue weighted by Crippen LogP contribution is -2.50. The molecular weight excluding hydrogens is 285 g/mol. The Kier molecular flexibility index (Phi) is 4.13. The summed E-state index contributed by atoms with van der Waals surface area (Å²) in [5.41, 5.74) is 0.00532. The van der Waals surface area contributed by atoms with E-state index in [1.165, 1.54) is 18.5 Å². The second kappa shape index (κ2) is 6.21. The second-order valence-corrected chi connectivity index (χ2v) is 5.66. The van der Waals surface area contributed by atoms with Gasteiger partial charge in [-0.1, -0.05) is 31.4 Å². The summed E-state index contributed by atoms with van der Waals surface area (Å²) in [6, 6.07) is 6.22. The molecule has 1 heterocycles. The number of hydrogen-bond donors (Lipinski definition) is 1. The maximum Gasteiger partial charge on any atom is 0.248 e. The van der Waals surface area contributed by atoms with Crippen molar-refractivity contribution < 1.29 is 9.18 Å². The van der Waals surface area contributed by atoms with Gasteiger partial charge in [-0.25, -0.2) is 9.07 Å². The fourth-order valence-corrected chi connectivity index (χ4v) is 3.05. The summed E-state index contributed by atoms with van der Waals surface area (Å²) in [5, 5.41) is 14.2. The summed E-state index contributed by atoms with van der Waals surface area (Å²) in [5.74, 6) is -0.414. The molecule has 1 fully saturated rings. The van der Waals surface area contributed by atoms with Gasteiger partial charge in [-0.2, -0.15) is 0 Å². The maximum absolute atomic E-state index is 13.2. The third-order valence-corrected chi connectivity index (χ3v) is 4.23. The molecule has 0 radical (unpaired) electrons. The third-order valence-electron chi connectivity index (χ3n) is 4.23. The molecule has 3 rings (SSSR count). The maximum atomic E-state index is 13.2. The van der Waals surface area contributed by atoms with Crippen molar-refractivity contribution in [1.29, 1.82) is 0 Å². The SMILES string of the molecule is O=C(NCc1cccc(F)c1)C1(n2cnnn2)CCCCC1. The van der Waals surface area contributed by atoms with Crippen LogP contribution in [-0.2, 0) is 16.9 Å². The standard InChI is InChI=1S/C15H18FN5O/c16-13-6-4-5-12(9-13)10-17-14(22)15(7-2-1-3-8-15)21-11-18-19-20-21/h4-6,9,11H,1-3,7-8,10H2,(H,17,22). The summed E-state index contributed by atoms with van der Waals surface area (Å²) in [6.45, 7) is 0.292. The fourth-order valence-electron chi connectivity index (χ4n) is 3.05. The van der Waals surface area contributed by atoms with E-state index in [4.69, 9.17) is 0 Å². The first-order valence-corrected chi connectivity index (χ1v) is 7.47. The van der Waals surface area contributed by atoms with Crippen LogP contribution in [-0.4, -0.2) is 26.1 Å². The highest BCUT2D eigenvalue weighted by Gasteiger charge is 2.42. The van der Waals surface area contributed by atoms with Crippen LogP contribution in [0.2, 0.25) is 0 Å². The van der Waals surface area contributed by atoms with Gasteiger partial charge in [0, 0.05) is 6.54 Å². The zero-order valence-corrected chi connectivity index (χ0v) is 12.2. The van der Waals surface area contributed by atoms with Crippen molar-refractivity contribution in [3.8, 4) is 0 Å². The minimum absolute atomic E-state index is 0.108. The van der Waals surface area contributed by atoms with Gasteiger partial charge >= 0.3 is 0 Å². The lowest BCUT2D eigenvalue weighted by Gasteiger charge is -2.35. The van der Waals surface area contributed by atoms with Crippen LogP contribution in [0.25, 0.3) is 0 Å². The topological polar surface area (TPSA) is 72.7 Å². The molecule has 116 valence electrons. The Morgan fingerprint density at radius 3 is 2.82 bits per heavy atom. The van der Waals surface area contributed by atoms with Crippen LogP contribution in [0.3, 0.4) is 0 Å². The molecule has 1 amide bonds. The van der Waals surface area contributed by atoms with Crippen molar-refractivity contribution in [3.63, 3.8) is 0 Å². The molecule has 7 heteroatoms. The molecule has 1 saturated carbocycles. The molecule has 2 aromatic rings. The van der Waals surface area contributed by atoms with E-state index in [1.807, 2.05) is 0 Å². The van der Waals surface area contributed by atoms with Crippen LogP contribution in [0.4, 0.5) is 4.39 Å². The van der Waals surface area contributed by atoms with Gasteiger partial charge in [-0.3, -0.25) is 4.79 Å². The Morgan fingerprint density at radius 1 is 1.32 bits per heavy atom. The molecule has 0 aliphatic heterocycles. The molecule has 1 aromatic carbocycles. The minimum Gasteiger partial charge on any atom is -0.350 e. The molecular formula is C15H18FN5O. The first-order chi connectivity index (χ1) is 10.7. The van der Waals surface area contributed by atoms with E-state index in [2.05, 4.69) is 20.8 Å². The first kappa shape index (κ1) is 14.6. The smallest absolute Gasteiger partial charge is 0.248 e. The van der Waals surface area contributed by atoms with Crippen LogP contribution in [0.5, 0.6) is 0 Å². The van der Waals surface area contributed by atoms with Gasteiger partial charge in [-0.05, 0) is 41.0 Å². The van der Waals surface area contributed by atoms with Crippen LogP contribution < -0.4 is 5.32 Å². The molecule has 1 aromatic heterocycles. The number of benzene rings is 1. The van der Waals surface area contributed by atoms with Gasteiger partial charge in [0.25, 0.3) is 0 Å². The zero-order chi connectivity index (χ0) is 15.4. The van der Waals surface area contributed by atoms with Crippen LogP contribution in [0.15, 0.2) is 30.6 Å². The van der Waals surface area contributed by atoms with E-state index >= 15 is 0 Å². The average molecular weight is 303 g/mol.